The van der Waals surface area contributed by atoms with E-state index >= 15 is 0 Å². The van der Waals surface area contributed by atoms with Crippen molar-refractivity contribution in [2.45, 2.75) is 18.9 Å². The summed E-state index contributed by atoms with van der Waals surface area (Å²) in [4.78, 5) is 2.03. The Morgan fingerprint density at radius 2 is 2.06 bits per heavy atom. The van der Waals surface area contributed by atoms with Crippen LogP contribution < -0.4 is 11.3 Å². The maximum absolute atomic E-state index is 13.4. The fourth-order valence-corrected chi connectivity index (χ4v) is 1.61. The lowest BCUT2D eigenvalue weighted by Crippen LogP contribution is -2.39. The average molecular weight is 243 g/mol. The first-order chi connectivity index (χ1) is 8.02. The van der Waals surface area contributed by atoms with Gasteiger partial charge in [-0.05, 0) is 45.1 Å². The maximum atomic E-state index is 13.4. The number of nitrogens with zero attached hydrogens (tertiary/aromatic N) is 1. The lowest BCUT2D eigenvalue weighted by atomic mass is 10.0. The van der Waals surface area contributed by atoms with Crippen molar-refractivity contribution in [1.82, 2.24) is 10.3 Å². The third kappa shape index (κ3) is 4.77. The largest absolute Gasteiger partial charge is 0.309 e. The predicted molar refractivity (Wildman–Crippen MR) is 64.3 cm³/mol. The van der Waals surface area contributed by atoms with Crippen LogP contribution >= 0.6 is 0 Å². The first-order valence-corrected chi connectivity index (χ1v) is 5.57. The van der Waals surface area contributed by atoms with Gasteiger partial charge in [-0.15, -0.1) is 0 Å². The minimum Gasteiger partial charge on any atom is -0.309 e. The molecule has 0 heterocycles. The Balaban J connectivity index is 2.60. The van der Waals surface area contributed by atoms with Crippen molar-refractivity contribution in [1.29, 1.82) is 0 Å². The van der Waals surface area contributed by atoms with E-state index < -0.39 is 11.6 Å². The minimum absolute atomic E-state index is 0.0163. The Morgan fingerprint density at radius 3 is 2.59 bits per heavy atom. The molecule has 1 aromatic carbocycles. The van der Waals surface area contributed by atoms with Crippen molar-refractivity contribution >= 4 is 0 Å². The molecular formula is C12H19F2N3. The van der Waals surface area contributed by atoms with E-state index in [0.29, 0.717) is 12.0 Å². The Morgan fingerprint density at radius 1 is 1.35 bits per heavy atom. The van der Waals surface area contributed by atoms with E-state index in [9.17, 15) is 8.78 Å². The van der Waals surface area contributed by atoms with E-state index in [4.69, 9.17) is 5.84 Å². The third-order valence-corrected chi connectivity index (χ3v) is 2.64. The summed E-state index contributed by atoms with van der Waals surface area (Å²) < 4.78 is 26.2. The second-order valence-electron chi connectivity index (χ2n) is 4.40. The topological polar surface area (TPSA) is 41.3 Å². The van der Waals surface area contributed by atoms with Gasteiger partial charge in [-0.3, -0.25) is 11.3 Å². The van der Waals surface area contributed by atoms with Crippen molar-refractivity contribution in [3.8, 4) is 0 Å². The van der Waals surface area contributed by atoms with E-state index in [0.717, 1.165) is 19.0 Å². The SMILES string of the molecule is CN(C)CCC(Cc1ccc(F)cc1F)NN. The van der Waals surface area contributed by atoms with Gasteiger partial charge in [-0.25, -0.2) is 8.78 Å². The summed E-state index contributed by atoms with van der Waals surface area (Å²) >= 11 is 0. The molecule has 0 bridgehead atoms. The van der Waals surface area contributed by atoms with Crippen LogP contribution in [-0.2, 0) is 6.42 Å². The van der Waals surface area contributed by atoms with Gasteiger partial charge in [0, 0.05) is 12.1 Å². The van der Waals surface area contributed by atoms with Crippen LogP contribution in [0.25, 0.3) is 0 Å². The summed E-state index contributed by atoms with van der Waals surface area (Å²) in [7, 11) is 3.93. The molecule has 0 amide bonds. The zero-order chi connectivity index (χ0) is 12.8. The molecule has 1 aromatic rings. The van der Waals surface area contributed by atoms with Crippen molar-refractivity contribution in [3.05, 3.63) is 35.4 Å². The van der Waals surface area contributed by atoms with Crippen LogP contribution in [0.4, 0.5) is 8.78 Å². The van der Waals surface area contributed by atoms with Crippen LogP contribution in [0.1, 0.15) is 12.0 Å². The van der Waals surface area contributed by atoms with E-state index in [1.165, 1.54) is 12.1 Å². The Kier molecular flexibility index (Phi) is 5.47. The molecule has 0 aromatic heterocycles. The van der Waals surface area contributed by atoms with E-state index in [1.807, 2.05) is 19.0 Å². The molecule has 1 atom stereocenters. The van der Waals surface area contributed by atoms with E-state index in [1.54, 1.807) is 0 Å². The second-order valence-corrected chi connectivity index (χ2v) is 4.40. The van der Waals surface area contributed by atoms with Crippen molar-refractivity contribution in [2.75, 3.05) is 20.6 Å². The van der Waals surface area contributed by atoms with Crippen LogP contribution in [0.15, 0.2) is 18.2 Å². The Labute approximate surface area is 101 Å². The van der Waals surface area contributed by atoms with Gasteiger partial charge >= 0.3 is 0 Å². The summed E-state index contributed by atoms with van der Waals surface area (Å²) in [6.07, 6.45) is 1.26. The molecule has 0 aliphatic carbocycles. The molecule has 1 rings (SSSR count). The highest BCUT2D eigenvalue weighted by Gasteiger charge is 2.11. The first-order valence-electron chi connectivity index (χ1n) is 5.57. The van der Waals surface area contributed by atoms with Gasteiger partial charge in [0.25, 0.3) is 0 Å². The van der Waals surface area contributed by atoms with Crippen LogP contribution in [0.3, 0.4) is 0 Å². The molecule has 3 N–H and O–H groups in total. The highest BCUT2D eigenvalue weighted by molar-refractivity contribution is 5.19. The van der Waals surface area contributed by atoms with Crippen LogP contribution in [-0.4, -0.2) is 31.6 Å². The molecule has 5 heteroatoms. The number of hydrogen-bond donors (Lipinski definition) is 2. The Hall–Kier alpha value is -1.04. The van der Waals surface area contributed by atoms with Gasteiger partial charge in [0.1, 0.15) is 11.6 Å². The molecule has 0 spiro atoms. The molecular weight excluding hydrogens is 224 g/mol. The summed E-state index contributed by atoms with van der Waals surface area (Å²) in [6, 6.07) is 3.61. The van der Waals surface area contributed by atoms with Gasteiger partial charge in [0.15, 0.2) is 0 Å². The van der Waals surface area contributed by atoms with Crippen LogP contribution in [0.2, 0.25) is 0 Å². The molecule has 3 nitrogen and oxygen atoms in total. The number of benzene rings is 1. The summed E-state index contributed by atoms with van der Waals surface area (Å²) in [5.74, 6) is 4.34. The van der Waals surface area contributed by atoms with E-state index in [-0.39, 0.29) is 6.04 Å². The van der Waals surface area contributed by atoms with Gasteiger partial charge in [-0.2, -0.15) is 0 Å². The Bertz CT molecular complexity index is 356. The molecule has 1 unspecified atom stereocenters. The summed E-state index contributed by atoms with van der Waals surface area (Å²) in [6.45, 7) is 0.859. The number of hydrogen-bond acceptors (Lipinski definition) is 3. The predicted octanol–water partition coefficient (Wildman–Crippen LogP) is 1.29. The standard InChI is InChI=1S/C12H19F2N3/c1-17(2)6-5-11(16-15)7-9-3-4-10(13)8-12(9)14/h3-4,8,11,16H,5-7,15H2,1-2H3. The number of nitrogens with two attached hydrogens (primary N) is 1. The molecule has 96 valence electrons. The number of rotatable bonds is 6. The molecule has 17 heavy (non-hydrogen) atoms. The third-order valence-electron chi connectivity index (χ3n) is 2.64. The highest BCUT2D eigenvalue weighted by atomic mass is 19.1. The van der Waals surface area contributed by atoms with Gasteiger partial charge in [0.05, 0.1) is 0 Å². The summed E-state index contributed by atoms with van der Waals surface area (Å²) in [5.41, 5.74) is 3.14. The average Bonchev–Trinajstić information content (AvgIpc) is 2.26. The van der Waals surface area contributed by atoms with Gasteiger partial charge in [0.2, 0.25) is 0 Å². The highest BCUT2D eigenvalue weighted by Crippen LogP contribution is 2.12. The lowest BCUT2D eigenvalue weighted by Gasteiger charge is -2.18. The second kappa shape index (κ2) is 6.64. The van der Waals surface area contributed by atoms with Gasteiger partial charge in [-0.1, -0.05) is 6.07 Å². The molecule has 0 aliphatic heterocycles. The number of halogens is 2. The molecule has 0 aliphatic rings. The molecule has 0 saturated carbocycles. The lowest BCUT2D eigenvalue weighted by molar-refractivity contribution is 0.356. The maximum Gasteiger partial charge on any atom is 0.129 e. The normalized spacial score (nSPS) is 13.1. The minimum atomic E-state index is -0.559. The van der Waals surface area contributed by atoms with Crippen molar-refractivity contribution in [2.24, 2.45) is 5.84 Å². The molecule has 0 fully saturated rings. The molecule has 0 saturated heterocycles. The zero-order valence-corrected chi connectivity index (χ0v) is 10.2. The molecule has 0 radical (unpaired) electrons. The monoisotopic (exact) mass is 243 g/mol. The zero-order valence-electron chi connectivity index (χ0n) is 10.2. The fourth-order valence-electron chi connectivity index (χ4n) is 1.61. The van der Waals surface area contributed by atoms with Crippen LogP contribution in [0, 0.1) is 11.6 Å². The van der Waals surface area contributed by atoms with Gasteiger partial charge < -0.3 is 4.90 Å². The summed E-state index contributed by atoms with van der Waals surface area (Å²) in [5, 5.41) is 0. The fraction of sp³-hybridized carbons (Fsp3) is 0.500. The van der Waals surface area contributed by atoms with Crippen LogP contribution in [0.5, 0.6) is 0 Å². The quantitative estimate of drug-likeness (QED) is 0.584. The smallest absolute Gasteiger partial charge is 0.129 e. The van der Waals surface area contributed by atoms with Crippen molar-refractivity contribution < 1.29 is 8.78 Å². The first kappa shape index (κ1) is 14.0. The van der Waals surface area contributed by atoms with E-state index in [2.05, 4.69) is 5.43 Å². The number of nitrogens with one attached hydrogen (secondary N) is 1. The van der Waals surface area contributed by atoms with Crippen molar-refractivity contribution in [3.63, 3.8) is 0 Å². The number of hydrazine groups is 1.